The zero-order valence-electron chi connectivity index (χ0n) is 13.4. The molecule has 0 aliphatic rings. The van der Waals surface area contributed by atoms with Crippen molar-refractivity contribution in [2.75, 3.05) is 20.8 Å². The van der Waals surface area contributed by atoms with Gasteiger partial charge in [-0.2, -0.15) is 0 Å². The van der Waals surface area contributed by atoms with E-state index in [2.05, 4.69) is 15.6 Å². The number of nitrogens with zero attached hydrogens (tertiary/aromatic N) is 1. The lowest BCUT2D eigenvalue weighted by molar-refractivity contribution is -0.122. The van der Waals surface area contributed by atoms with Crippen LogP contribution in [0.25, 0.3) is 0 Å². The van der Waals surface area contributed by atoms with Crippen molar-refractivity contribution < 1.29 is 14.3 Å². The maximum atomic E-state index is 11.7. The van der Waals surface area contributed by atoms with E-state index >= 15 is 0 Å². The second kappa shape index (κ2) is 7.83. The smallest absolute Gasteiger partial charge is 0.221 e. The molecule has 1 rings (SSSR count). The maximum absolute atomic E-state index is 11.7. The molecular weight excluding hydrogens is 270 g/mol. The first-order valence-electron chi connectivity index (χ1n) is 6.95. The molecule has 0 unspecified atom stereocenters. The van der Waals surface area contributed by atoms with Crippen LogP contribution in [0.3, 0.4) is 0 Å². The van der Waals surface area contributed by atoms with Crippen LogP contribution in [0.4, 0.5) is 0 Å². The molecule has 0 bridgehead atoms. The number of hydrogen-bond donors (Lipinski definition) is 2. The molecular formula is C15H25N3O3. The molecule has 6 heteroatoms. The third-order valence-corrected chi connectivity index (χ3v) is 2.70. The number of methoxy groups -OCH3 is 2. The molecule has 0 spiro atoms. The summed E-state index contributed by atoms with van der Waals surface area (Å²) in [6.45, 7) is 6.98. The molecule has 0 fully saturated rings. The van der Waals surface area contributed by atoms with Gasteiger partial charge in [-0.05, 0) is 20.8 Å². The number of ether oxygens (including phenoxy) is 2. The first-order chi connectivity index (χ1) is 9.87. The number of amides is 1. The average Bonchev–Trinajstić information content (AvgIpc) is 2.41. The van der Waals surface area contributed by atoms with Crippen LogP contribution in [-0.2, 0) is 11.3 Å². The van der Waals surface area contributed by atoms with Crippen molar-refractivity contribution in [1.82, 2.24) is 15.6 Å². The molecule has 1 aromatic rings. The summed E-state index contributed by atoms with van der Waals surface area (Å²) in [6.07, 6.45) is 2.09. The van der Waals surface area contributed by atoms with E-state index in [9.17, 15) is 4.79 Å². The van der Waals surface area contributed by atoms with Crippen LogP contribution < -0.4 is 20.1 Å². The van der Waals surface area contributed by atoms with Crippen LogP contribution in [0.5, 0.6) is 11.5 Å². The van der Waals surface area contributed by atoms with E-state index < -0.39 is 0 Å². The first kappa shape index (κ1) is 17.2. The summed E-state index contributed by atoms with van der Waals surface area (Å²) in [5.74, 6) is 1.29. The Labute approximate surface area is 126 Å². The minimum absolute atomic E-state index is 0.0283. The monoisotopic (exact) mass is 295 g/mol. The number of aromatic nitrogens is 1. The second-order valence-corrected chi connectivity index (χ2v) is 5.72. The topological polar surface area (TPSA) is 72.5 Å². The molecule has 0 aromatic carbocycles. The Bertz CT molecular complexity index is 470. The summed E-state index contributed by atoms with van der Waals surface area (Å²) >= 11 is 0. The van der Waals surface area contributed by atoms with Gasteiger partial charge in [-0.1, -0.05) is 0 Å². The predicted molar refractivity (Wildman–Crippen MR) is 81.6 cm³/mol. The molecule has 6 nitrogen and oxygen atoms in total. The minimum Gasteiger partial charge on any atom is -0.493 e. The molecule has 1 heterocycles. The largest absolute Gasteiger partial charge is 0.493 e. The summed E-state index contributed by atoms with van der Waals surface area (Å²) in [5, 5.41) is 6.10. The molecule has 0 saturated carbocycles. The van der Waals surface area contributed by atoms with Gasteiger partial charge in [0.25, 0.3) is 0 Å². The summed E-state index contributed by atoms with van der Waals surface area (Å²) in [7, 11) is 3.17. The Morgan fingerprint density at radius 1 is 1.29 bits per heavy atom. The van der Waals surface area contributed by atoms with Gasteiger partial charge in [0.2, 0.25) is 5.91 Å². The zero-order valence-corrected chi connectivity index (χ0v) is 13.4. The Kier molecular flexibility index (Phi) is 6.42. The third kappa shape index (κ3) is 5.99. The summed E-state index contributed by atoms with van der Waals surface area (Å²) in [4.78, 5) is 15.9. The van der Waals surface area contributed by atoms with Gasteiger partial charge in [-0.3, -0.25) is 9.78 Å². The van der Waals surface area contributed by atoms with Crippen molar-refractivity contribution in [3.8, 4) is 11.5 Å². The predicted octanol–water partition coefficient (Wildman–Crippen LogP) is 1.49. The maximum Gasteiger partial charge on any atom is 0.221 e. The lowest BCUT2D eigenvalue weighted by atomic mass is 10.1. The molecule has 0 atom stereocenters. The van der Waals surface area contributed by atoms with Crippen LogP contribution in [0, 0.1) is 0 Å². The summed E-state index contributed by atoms with van der Waals surface area (Å²) < 4.78 is 10.5. The van der Waals surface area contributed by atoms with Crippen molar-refractivity contribution >= 4 is 5.91 Å². The van der Waals surface area contributed by atoms with Gasteiger partial charge < -0.3 is 20.1 Å². The van der Waals surface area contributed by atoms with Gasteiger partial charge in [0.1, 0.15) is 0 Å². The minimum atomic E-state index is -0.200. The Morgan fingerprint density at radius 3 is 2.57 bits per heavy atom. The highest BCUT2D eigenvalue weighted by Gasteiger charge is 2.14. The summed E-state index contributed by atoms with van der Waals surface area (Å²) in [5.41, 5.74) is 0.558. The van der Waals surface area contributed by atoms with Gasteiger partial charge in [0, 0.05) is 37.3 Å². The Balaban J connectivity index is 2.45. The number of nitrogens with one attached hydrogen (secondary N) is 2. The summed E-state index contributed by atoms with van der Waals surface area (Å²) in [6, 6.07) is 1.75. The van der Waals surface area contributed by atoms with Gasteiger partial charge in [-0.15, -0.1) is 0 Å². The highest BCUT2D eigenvalue weighted by molar-refractivity contribution is 5.76. The van der Waals surface area contributed by atoms with Gasteiger partial charge in [0.15, 0.2) is 11.5 Å². The van der Waals surface area contributed by atoms with Crippen molar-refractivity contribution in [1.29, 1.82) is 0 Å². The van der Waals surface area contributed by atoms with Crippen LogP contribution in [0.2, 0.25) is 0 Å². The first-order valence-corrected chi connectivity index (χ1v) is 6.95. The number of pyridine rings is 1. The highest BCUT2D eigenvalue weighted by Crippen LogP contribution is 2.28. The van der Waals surface area contributed by atoms with Crippen LogP contribution >= 0.6 is 0 Å². The fraction of sp³-hybridized carbons (Fsp3) is 0.600. The van der Waals surface area contributed by atoms with E-state index in [0.717, 1.165) is 5.69 Å². The standard InChI is InChI=1S/C15H25N3O3/c1-15(2,3)18-13(19)7-8-16-10-11-14(21-5)12(20-4)6-9-17-11/h6,9,16H,7-8,10H2,1-5H3,(H,18,19). The fourth-order valence-corrected chi connectivity index (χ4v) is 1.87. The number of carbonyl (C=O) groups is 1. The quantitative estimate of drug-likeness (QED) is 0.746. The van der Waals surface area contributed by atoms with Crippen LogP contribution in [0.1, 0.15) is 32.9 Å². The van der Waals surface area contributed by atoms with Gasteiger partial charge >= 0.3 is 0 Å². The third-order valence-electron chi connectivity index (χ3n) is 2.70. The lowest BCUT2D eigenvalue weighted by Crippen LogP contribution is -2.41. The number of rotatable bonds is 7. The van der Waals surface area contributed by atoms with E-state index in [4.69, 9.17) is 9.47 Å². The van der Waals surface area contributed by atoms with E-state index in [-0.39, 0.29) is 11.4 Å². The second-order valence-electron chi connectivity index (χ2n) is 5.72. The molecule has 0 aliphatic carbocycles. The fourth-order valence-electron chi connectivity index (χ4n) is 1.87. The Morgan fingerprint density at radius 2 is 2.00 bits per heavy atom. The van der Waals surface area contributed by atoms with Gasteiger partial charge in [0.05, 0.1) is 19.9 Å². The molecule has 21 heavy (non-hydrogen) atoms. The van der Waals surface area contributed by atoms with E-state index in [1.165, 1.54) is 0 Å². The molecule has 2 N–H and O–H groups in total. The highest BCUT2D eigenvalue weighted by atomic mass is 16.5. The molecule has 1 amide bonds. The normalized spacial score (nSPS) is 11.1. The Hall–Kier alpha value is -1.82. The lowest BCUT2D eigenvalue weighted by Gasteiger charge is -2.20. The zero-order chi connectivity index (χ0) is 15.9. The molecule has 118 valence electrons. The van der Waals surface area contributed by atoms with Crippen LogP contribution in [-0.4, -0.2) is 37.2 Å². The molecule has 0 aliphatic heterocycles. The molecule has 1 aromatic heterocycles. The van der Waals surface area contributed by atoms with E-state index in [1.807, 2.05) is 20.8 Å². The van der Waals surface area contributed by atoms with Crippen molar-refractivity contribution in [2.45, 2.75) is 39.3 Å². The average molecular weight is 295 g/mol. The van der Waals surface area contributed by atoms with Gasteiger partial charge in [-0.25, -0.2) is 0 Å². The molecule has 0 radical (unpaired) electrons. The van der Waals surface area contributed by atoms with Crippen molar-refractivity contribution in [3.63, 3.8) is 0 Å². The SMILES string of the molecule is COc1ccnc(CNCCC(=O)NC(C)(C)C)c1OC. The number of carbonyl (C=O) groups excluding carboxylic acids is 1. The molecule has 0 saturated heterocycles. The number of hydrogen-bond acceptors (Lipinski definition) is 5. The van der Waals surface area contributed by atoms with E-state index in [0.29, 0.717) is 31.0 Å². The van der Waals surface area contributed by atoms with Crippen molar-refractivity contribution in [2.24, 2.45) is 0 Å². The van der Waals surface area contributed by atoms with Crippen molar-refractivity contribution in [3.05, 3.63) is 18.0 Å². The van der Waals surface area contributed by atoms with Crippen LogP contribution in [0.15, 0.2) is 12.3 Å². The van der Waals surface area contributed by atoms with E-state index in [1.54, 1.807) is 26.5 Å².